The Morgan fingerprint density at radius 1 is 0.407 bits per heavy atom. The zero-order valence-corrected chi connectivity index (χ0v) is 14.0. The summed E-state index contributed by atoms with van der Waals surface area (Å²) < 4.78 is 0. The highest BCUT2D eigenvalue weighted by atomic mass is 14.9. The van der Waals surface area contributed by atoms with Gasteiger partial charge in [-0.1, -0.05) is 0 Å². The molecule has 27 heavy (non-hydrogen) atoms. The minimum absolute atomic E-state index is 0.964. The topological polar surface area (TPSA) is 86.0 Å². The van der Waals surface area contributed by atoms with E-state index in [2.05, 4.69) is 66.3 Å². The molecule has 0 spiro atoms. The van der Waals surface area contributed by atoms with Crippen LogP contribution in [0.15, 0.2) is 55.4 Å². The average Bonchev–Trinajstić information content (AvgIpc) is 3.43. The number of hydrogen-bond acceptors (Lipinski definition) is 3. The number of nitrogens with one attached hydrogen (secondary N) is 3. The molecule has 4 aromatic carbocycles. The van der Waals surface area contributed by atoms with Crippen molar-refractivity contribution in [2.24, 2.45) is 0 Å². The number of hydrogen-bond donors (Lipinski definition) is 3. The van der Waals surface area contributed by atoms with Gasteiger partial charge in [-0.3, -0.25) is 0 Å². The van der Waals surface area contributed by atoms with Gasteiger partial charge in [-0.2, -0.15) is 0 Å². The van der Waals surface area contributed by atoms with Gasteiger partial charge in [0.2, 0.25) is 0 Å². The maximum atomic E-state index is 4.46. The fourth-order valence-electron chi connectivity index (χ4n) is 4.28. The van der Waals surface area contributed by atoms with Gasteiger partial charge in [0, 0.05) is 0 Å². The van der Waals surface area contributed by atoms with Gasteiger partial charge in [0.05, 0.1) is 52.1 Å². The lowest BCUT2D eigenvalue weighted by atomic mass is 9.93. The van der Waals surface area contributed by atoms with E-state index in [1.807, 2.05) is 0 Å². The third kappa shape index (κ3) is 1.62. The number of fused-ring (bicyclic) bond motifs is 9. The van der Waals surface area contributed by atoms with Crippen LogP contribution in [0.25, 0.3) is 65.4 Å². The number of nitrogens with zero attached hydrogens (tertiary/aromatic N) is 3. The van der Waals surface area contributed by atoms with E-state index in [0.29, 0.717) is 0 Å². The largest absolute Gasteiger partial charge is 0.345 e. The number of aromatic nitrogens is 6. The van der Waals surface area contributed by atoms with Gasteiger partial charge in [0.15, 0.2) is 0 Å². The van der Waals surface area contributed by atoms with Crippen LogP contribution >= 0.6 is 0 Å². The number of rotatable bonds is 0. The molecule has 6 heteroatoms. The van der Waals surface area contributed by atoms with Gasteiger partial charge >= 0.3 is 0 Å². The highest BCUT2D eigenvalue weighted by Gasteiger charge is 2.14. The second-order valence-electron chi connectivity index (χ2n) is 6.95. The first-order valence-corrected chi connectivity index (χ1v) is 8.78. The fraction of sp³-hybridized carbons (Fsp3) is 0. The fourth-order valence-corrected chi connectivity index (χ4v) is 4.28. The van der Waals surface area contributed by atoms with E-state index in [1.165, 1.54) is 32.3 Å². The number of aromatic amines is 3. The first kappa shape index (κ1) is 13.3. The van der Waals surface area contributed by atoms with Crippen LogP contribution in [0, 0.1) is 0 Å². The average molecular weight is 348 g/mol. The zero-order chi connectivity index (χ0) is 17.5. The third-order valence-electron chi connectivity index (χ3n) is 5.55. The van der Waals surface area contributed by atoms with Crippen molar-refractivity contribution in [2.75, 3.05) is 0 Å². The highest BCUT2D eigenvalue weighted by molar-refractivity contribution is 6.29. The Labute approximate surface area is 151 Å². The van der Waals surface area contributed by atoms with Crippen molar-refractivity contribution in [1.82, 2.24) is 29.9 Å². The monoisotopic (exact) mass is 348 g/mol. The van der Waals surface area contributed by atoms with Gasteiger partial charge < -0.3 is 15.0 Å². The molecule has 7 aromatic rings. The van der Waals surface area contributed by atoms with Crippen LogP contribution in [0.2, 0.25) is 0 Å². The molecule has 0 aliphatic heterocycles. The quantitative estimate of drug-likeness (QED) is 0.345. The van der Waals surface area contributed by atoms with E-state index >= 15 is 0 Å². The van der Waals surface area contributed by atoms with E-state index in [1.54, 1.807) is 19.0 Å². The summed E-state index contributed by atoms with van der Waals surface area (Å²) in [6, 6.07) is 13.1. The van der Waals surface area contributed by atoms with Crippen molar-refractivity contribution < 1.29 is 0 Å². The van der Waals surface area contributed by atoms with Crippen molar-refractivity contribution in [3.63, 3.8) is 0 Å². The molecule has 0 atom stereocenters. The molecule has 3 aromatic heterocycles. The smallest absolute Gasteiger partial charge is 0.0931 e. The first-order valence-electron chi connectivity index (χ1n) is 8.78. The summed E-state index contributed by atoms with van der Waals surface area (Å²) in [5.74, 6) is 0. The third-order valence-corrected chi connectivity index (χ3v) is 5.55. The molecule has 0 radical (unpaired) electrons. The van der Waals surface area contributed by atoms with Gasteiger partial charge in [0.1, 0.15) is 0 Å². The Balaban J connectivity index is 1.87. The van der Waals surface area contributed by atoms with Crippen molar-refractivity contribution in [3.8, 4) is 0 Å². The van der Waals surface area contributed by atoms with Crippen LogP contribution in [0.1, 0.15) is 0 Å². The van der Waals surface area contributed by atoms with Crippen LogP contribution in [-0.2, 0) is 0 Å². The molecule has 7 rings (SSSR count). The number of H-pyrrole nitrogens is 3. The summed E-state index contributed by atoms with van der Waals surface area (Å²) in [5, 5.41) is 7.13. The lowest BCUT2D eigenvalue weighted by Gasteiger charge is -2.11. The molecule has 0 fully saturated rings. The molecule has 0 saturated carbocycles. The normalized spacial score (nSPS) is 12.4. The van der Waals surface area contributed by atoms with E-state index < -0.39 is 0 Å². The molecular weight excluding hydrogens is 336 g/mol. The molecule has 6 nitrogen and oxygen atoms in total. The van der Waals surface area contributed by atoms with E-state index in [-0.39, 0.29) is 0 Å². The summed E-state index contributed by atoms with van der Waals surface area (Å²) in [7, 11) is 0. The second kappa shape index (κ2) is 4.42. The lowest BCUT2D eigenvalue weighted by Crippen LogP contribution is -1.86. The molecule has 0 saturated heterocycles. The molecule has 0 bridgehead atoms. The van der Waals surface area contributed by atoms with Gasteiger partial charge in [-0.15, -0.1) is 0 Å². The zero-order valence-electron chi connectivity index (χ0n) is 14.0. The highest BCUT2D eigenvalue weighted by Crippen LogP contribution is 2.39. The van der Waals surface area contributed by atoms with Crippen molar-refractivity contribution >= 4 is 65.4 Å². The number of benzene rings is 4. The van der Waals surface area contributed by atoms with E-state index in [0.717, 1.165) is 33.1 Å². The minimum atomic E-state index is 0.964. The standard InChI is InChI=1S/C21H12N6/c1-10-11(2-17-16(1)22-7-23-17)13-4-20-21(27-9-26-20)6-15(13)14-5-19-18(3-12(10)14)24-8-25-19/h1-9H,(H,22,23)(H,24,25)(H,26,27). The van der Waals surface area contributed by atoms with E-state index in [4.69, 9.17) is 0 Å². The van der Waals surface area contributed by atoms with Crippen LogP contribution < -0.4 is 0 Å². The van der Waals surface area contributed by atoms with Crippen LogP contribution in [0.4, 0.5) is 0 Å². The SMILES string of the molecule is c1nc2cc3c4cc5nc[nH]c5cc4c4cc5[nH]cnc5cc4c3cc2[nH]1. The first-order chi connectivity index (χ1) is 13.3. The second-order valence-corrected chi connectivity index (χ2v) is 6.95. The minimum Gasteiger partial charge on any atom is -0.345 e. The summed E-state index contributed by atoms with van der Waals surface area (Å²) in [4.78, 5) is 23.1. The number of imidazole rings is 3. The summed E-state index contributed by atoms with van der Waals surface area (Å²) in [6.07, 6.45) is 5.23. The van der Waals surface area contributed by atoms with Crippen LogP contribution in [0.3, 0.4) is 0 Å². The maximum Gasteiger partial charge on any atom is 0.0931 e. The van der Waals surface area contributed by atoms with Gasteiger partial charge in [-0.05, 0) is 68.7 Å². The van der Waals surface area contributed by atoms with E-state index in [9.17, 15) is 0 Å². The van der Waals surface area contributed by atoms with Gasteiger partial charge in [-0.25, -0.2) is 15.0 Å². The summed E-state index contributed by atoms with van der Waals surface area (Å²) >= 11 is 0. The summed E-state index contributed by atoms with van der Waals surface area (Å²) in [5.41, 5.74) is 6.00. The Bertz CT molecular complexity index is 1330. The molecule has 0 aliphatic rings. The van der Waals surface area contributed by atoms with Crippen molar-refractivity contribution in [2.45, 2.75) is 0 Å². The molecule has 0 unspecified atom stereocenters. The lowest BCUT2D eigenvalue weighted by molar-refractivity contribution is 1.34. The maximum absolute atomic E-state index is 4.46. The van der Waals surface area contributed by atoms with Crippen molar-refractivity contribution in [1.29, 1.82) is 0 Å². The predicted octanol–water partition coefficient (Wildman–Crippen LogP) is 4.78. The Morgan fingerprint density at radius 2 is 0.704 bits per heavy atom. The predicted molar refractivity (Wildman–Crippen MR) is 108 cm³/mol. The Hall–Kier alpha value is -3.93. The van der Waals surface area contributed by atoms with Crippen LogP contribution in [-0.4, -0.2) is 29.9 Å². The molecule has 0 aliphatic carbocycles. The van der Waals surface area contributed by atoms with Crippen LogP contribution in [0.5, 0.6) is 0 Å². The molecular formula is C21H12N6. The van der Waals surface area contributed by atoms with Crippen molar-refractivity contribution in [3.05, 3.63) is 55.4 Å². The summed E-state index contributed by atoms with van der Waals surface area (Å²) in [6.45, 7) is 0. The Kier molecular flexibility index (Phi) is 2.18. The molecule has 0 amide bonds. The van der Waals surface area contributed by atoms with Gasteiger partial charge in [0.25, 0.3) is 0 Å². The molecule has 3 heterocycles. The molecule has 126 valence electrons. The molecule has 3 N–H and O–H groups in total. The Morgan fingerprint density at radius 3 is 1.04 bits per heavy atom.